The number of H-pyrrole nitrogens is 1. The SMILES string of the molecule is CS(=O)(=O)c1ccc(/C=N/c2[nH]nc(Nc3cccc(Cl)c3)c2C(N)=O)cc1. The monoisotopic (exact) mass is 417 g/mol. The van der Waals surface area contributed by atoms with Gasteiger partial charge >= 0.3 is 0 Å². The summed E-state index contributed by atoms with van der Waals surface area (Å²) in [6.07, 6.45) is 2.60. The first-order valence-corrected chi connectivity index (χ1v) is 10.3. The molecule has 0 saturated heterocycles. The number of benzene rings is 2. The Hall–Kier alpha value is -3.17. The Morgan fingerprint density at radius 1 is 1.25 bits per heavy atom. The van der Waals surface area contributed by atoms with Gasteiger partial charge in [0.05, 0.1) is 4.90 Å². The maximum Gasteiger partial charge on any atom is 0.256 e. The van der Waals surface area contributed by atoms with Crippen LogP contribution in [-0.2, 0) is 9.84 Å². The number of sulfone groups is 1. The van der Waals surface area contributed by atoms with Gasteiger partial charge in [0, 0.05) is 23.2 Å². The molecule has 28 heavy (non-hydrogen) atoms. The fraction of sp³-hybridized carbons (Fsp3) is 0.0556. The standard InChI is InChI=1S/C18H16ClN5O3S/c1-28(26,27)14-7-5-11(6-8-14)10-21-17-15(16(20)25)18(24-23-17)22-13-4-2-3-12(19)9-13/h2-10H,1H3,(H2,20,25)(H2,22,23,24)/b21-10+. The van der Waals surface area contributed by atoms with Gasteiger partial charge in [-0.05, 0) is 35.9 Å². The lowest BCUT2D eigenvalue weighted by Gasteiger charge is -2.04. The number of hydrogen-bond acceptors (Lipinski definition) is 6. The number of primary amides is 1. The number of aromatic nitrogens is 2. The van der Waals surface area contributed by atoms with Gasteiger partial charge in [-0.15, -0.1) is 0 Å². The molecule has 3 rings (SSSR count). The van der Waals surface area contributed by atoms with Crippen LogP contribution in [0.4, 0.5) is 17.3 Å². The highest BCUT2D eigenvalue weighted by molar-refractivity contribution is 7.90. The summed E-state index contributed by atoms with van der Waals surface area (Å²) in [6, 6.07) is 13.1. The number of nitrogens with one attached hydrogen (secondary N) is 2. The van der Waals surface area contributed by atoms with Gasteiger partial charge in [-0.25, -0.2) is 13.4 Å². The highest BCUT2D eigenvalue weighted by Gasteiger charge is 2.18. The number of amides is 1. The first kappa shape index (κ1) is 19.6. The molecule has 1 amide bonds. The van der Waals surface area contributed by atoms with Crippen molar-refractivity contribution in [2.75, 3.05) is 11.6 Å². The Balaban J connectivity index is 1.87. The lowest BCUT2D eigenvalue weighted by atomic mass is 10.2. The van der Waals surface area contributed by atoms with E-state index in [9.17, 15) is 13.2 Å². The quantitative estimate of drug-likeness (QED) is 0.530. The molecule has 1 heterocycles. The second-order valence-corrected chi connectivity index (χ2v) is 8.35. The van der Waals surface area contributed by atoms with Crippen LogP contribution >= 0.6 is 11.6 Å². The van der Waals surface area contributed by atoms with Gasteiger partial charge in [-0.3, -0.25) is 9.89 Å². The van der Waals surface area contributed by atoms with Crippen LogP contribution in [0.3, 0.4) is 0 Å². The van der Waals surface area contributed by atoms with Crippen molar-refractivity contribution in [1.29, 1.82) is 0 Å². The molecule has 0 aliphatic rings. The van der Waals surface area contributed by atoms with E-state index < -0.39 is 15.7 Å². The van der Waals surface area contributed by atoms with E-state index in [0.717, 1.165) is 6.26 Å². The highest BCUT2D eigenvalue weighted by atomic mass is 35.5. The number of carbonyl (C=O) groups excluding carboxylic acids is 1. The average Bonchev–Trinajstić information content (AvgIpc) is 3.02. The minimum Gasteiger partial charge on any atom is -0.365 e. The molecular weight excluding hydrogens is 402 g/mol. The van der Waals surface area contributed by atoms with Gasteiger partial charge in [0.1, 0.15) is 5.56 Å². The smallest absolute Gasteiger partial charge is 0.256 e. The van der Waals surface area contributed by atoms with Crippen molar-refractivity contribution in [3.05, 3.63) is 64.7 Å². The van der Waals surface area contributed by atoms with E-state index in [4.69, 9.17) is 17.3 Å². The first-order chi connectivity index (χ1) is 13.2. The van der Waals surface area contributed by atoms with Crippen LogP contribution in [0, 0.1) is 0 Å². The zero-order valence-electron chi connectivity index (χ0n) is 14.7. The Kier molecular flexibility index (Phi) is 5.48. The number of anilines is 2. The summed E-state index contributed by atoms with van der Waals surface area (Å²) in [5.41, 5.74) is 6.83. The third-order valence-electron chi connectivity index (χ3n) is 3.73. The zero-order valence-corrected chi connectivity index (χ0v) is 16.3. The number of aromatic amines is 1. The fourth-order valence-corrected chi connectivity index (χ4v) is 3.21. The highest BCUT2D eigenvalue weighted by Crippen LogP contribution is 2.27. The molecule has 0 fully saturated rings. The lowest BCUT2D eigenvalue weighted by Crippen LogP contribution is -2.12. The van der Waals surface area contributed by atoms with Crippen LogP contribution < -0.4 is 11.1 Å². The van der Waals surface area contributed by atoms with E-state index in [0.29, 0.717) is 16.3 Å². The number of rotatable bonds is 6. The minimum absolute atomic E-state index is 0.0870. The average molecular weight is 418 g/mol. The second kappa shape index (κ2) is 7.83. The third-order valence-corrected chi connectivity index (χ3v) is 5.10. The number of halogens is 1. The van der Waals surface area contributed by atoms with E-state index >= 15 is 0 Å². The molecule has 0 aliphatic heterocycles. The number of carbonyl (C=O) groups is 1. The summed E-state index contributed by atoms with van der Waals surface area (Å²) < 4.78 is 23.0. The molecule has 3 aromatic rings. The lowest BCUT2D eigenvalue weighted by molar-refractivity contribution is 0.100. The summed E-state index contributed by atoms with van der Waals surface area (Å²) in [5.74, 6) is -0.323. The molecule has 0 radical (unpaired) electrons. The fourth-order valence-electron chi connectivity index (χ4n) is 2.39. The molecule has 0 saturated carbocycles. The van der Waals surface area contributed by atoms with Crippen molar-refractivity contribution in [2.45, 2.75) is 4.90 Å². The maximum absolute atomic E-state index is 11.9. The van der Waals surface area contributed by atoms with Crippen molar-refractivity contribution in [3.63, 3.8) is 0 Å². The molecule has 10 heteroatoms. The molecule has 0 unspecified atom stereocenters. The van der Waals surface area contributed by atoms with Gasteiger partial charge in [0.15, 0.2) is 21.5 Å². The van der Waals surface area contributed by atoms with Crippen molar-refractivity contribution in [1.82, 2.24) is 10.2 Å². The number of nitrogens with zero attached hydrogens (tertiary/aromatic N) is 2. The topological polar surface area (TPSA) is 130 Å². The van der Waals surface area contributed by atoms with Crippen LogP contribution in [0.15, 0.2) is 58.4 Å². The van der Waals surface area contributed by atoms with Crippen LogP contribution in [0.2, 0.25) is 5.02 Å². The molecule has 144 valence electrons. The van der Waals surface area contributed by atoms with Gasteiger partial charge in [-0.1, -0.05) is 29.8 Å². The summed E-state index contributed by atoms with van der Waals surface area (Å²) in [7, 11) is -3.27. The van der Waals surface area contributed by atoms with Crippen molar-refractivity contribution < 1.29 is 13.2 Å². The van der Waals surface area contributed by atoms with Crippen LogP contribution in [0.5, 0.6) is 0 Å². The molecule has 0 spiro atoms. The van der Waals surface area contributed by atoms with Crippen molar-refractivity contribution >= 4 is 50.9 Å². The van der Waals surface area contributed by atoms with Crippen LogP contribution in [0.25, 0.3) is 0 Å². The van der Waals surface area contributed by atoms with Gasteiger partial charge in [0.2, 0.25) is 0 Å². The van der Waals surface area contributed by atoms with Crippen LogP contribution in [-0.4, -0.2) is 37.0 Å². The Morgan fingerprint density at radius 3 is 2.57 bits per heavy atom. The van der Waals surface area contributed by atoms with E-state index in [1.54, 1.807) is 36.4 Å². The molecule has 2 aromatic carbocycles. The van der Waals surface area contributed by atoms with Crippen molar-refractivity contribution in [3.8, 4) is 0 Å². The molecule has 4 N–H and O–H groups in total. The largest absolute Gasteiger partial charge is 0.365 e. The van der Waals surface area contributed by atoms with Crippen LogP contribution in [0.1, 0.15) is 15.9 Å². The Labute approximate surface area is 166 Å². The predicted octanol–water partition coefficient (Wildman–Crippen LogP) is 3.06. The van der Waals surface area contributed by atoms with Gasteiger partial charge in [0.25, 0.3) is 5.91 Å². The van der Waals surface area contributed by atoms with E-state index in [1.807, 2.05) is 0 Å². The summed E-state index contributed by atoms with van der Waals surface area (Å²) >= 11 is 5.95. The Bertz CT molecular complexity index is 1150. The van der Waals surface area contributed by atoms with E-state index in [-0.39, 0.29) is 22.1 Å². The van der Waals surface area contributed by atoms with Crippen molar-refractivity contribution in [2.24, 2.45) is 10.7 Å². The number of hydrogen-bond donors (Lipinski definition) is 3. The molecule has 0 aliphatic carbocycles. The first-order valence-electron chi connectivity index (χ1n) is 7.99. The maximum atomic E-state index is 11.9. The molecule has 0 bridgehead atoms. The molecule has 1 aromatic heterocycles. The Morgan fingerprint density at radius 2 is 1.96 bits per heavy atom. The molecule has 8 nitrogen and oxygen atoms in total. The summed E-state index contributed by atoms with van der Waals surface area (Å²) in [5, 5.41) is 10.2. The predicted molar refractivity (Wildman–Crippen MR) is 109 cm³/mol. The summed E-state index contributed by atoms with van der Waals surface area (Å²) in [6.45, 7) is 0. The molecular formula is C18H16ClN5O3S. The van der Waals surface area contributed by atoms with E-state index in [2.05, 4.69) is 20.5 Å². The minimum atomic E-state index is -3.27. The molecule has 0 atom stereocenters. The number of nitrogens with two attached hydrogens (primary N) is 1. The third kappa shape index (κ3) is 4.56. The normalized spacial score (nSPS) is 11.6. The zero-order chi connectivity index (χ0) is 20.3. The summed E-state index contributed by atoms with van der Waals surface area (Å²) in [4.78, 5) is 16.3. The second-order valence-electron chi connectivity index (χ2n) is 5.89. The van der Waals surface area contributed by atoms with Gasteiger partial charge in [-0.2, -0.15) is 5.10 Å². The van der Waals surface area contributed by atoms with Gasteiger partial charge < -0.3 is 11.1 Å². The van der Waals surface area contributed by atoms with E-state index in [1.165, 1.54) is 18.3 Å². The number of aliphatic imine (C=N–C) groups is 1.